The normalized spacial score (nSPS) is 17.8. The molecule has 1 saturated heterocycles. The van der Waals surface area contributed by atoms with E-state index in [-0.39, 0.29) is 5.56 Å². The number of cyclic esters (lactones) is 1. The Morgan fingerprint density at radius 2 is 1.98 bits per heavy atom. The van der Waals surface area contributed by atoms with Crippen LogP contribution in [0.3, 0.4) is 0 Å². The lowest BCUT2D eigenvalue weighted by molar-refractivity contribution is 0.0547. The Morgan fingerprint density at radius 1 is 1.26 bits per heavy atom. The third-order valence-corrected chi connectivity index (χ3v) is 8.21. The van der Waals surface area contributed by atoms with Gasteiger partial charge in [-0.25, -0.2) is 9.59 Å². The molecule has 2 heterocycles. The van der Waals surface area contributed by atoms with Gasteiger partial charge in [0.05, 0.1) is 17.8 Å². The summed E-state index contributed by atoms with van der Waals surface area (Å²) >= 11 is 0. The molecule has 1 amide bonds. The molecule has 42 heavy (non-hydrogen) atoms. The molecule has 1 aliphatic heterocycles. The second-order valence-electron chi connectivity index (χ2n) is 11.6. The molecule has 2 atom stereocenters. The van der Waals surface area contributed by atoms with Gasteiger partial charge >= 0.3 is 12.1 Å². The van der Waals surface area contributed by atoms with Gasteiger partial charge in [0.1, 0.15) is 5.60 Å². The number of aromatic carboxylic acids is 1. The molecule has 1 aromatic heterocycles. The lowest BCUT2D eigenvalue weighted by Gasteiger charge is -2.27. The summed E-state index contributed by atoms with van der Waals surface area (Å²) in [6, 6.07) is 6.31. The molecular weight excluding hydrogens is 547 g/mol. The Hall–Kier alpha value is -3.22. The first-order valence-electron chi connectivity index (χ1n) is 14.8. The zero-order chi connectivity index (χ0) is 30.9. The smallest absolute Gasteiger partial charge is 0.415 e. The van der Waals surface area contributed by atoms with Gasteiger partial charge in [0.2, 0.25) is 0 Å². The maximum Gasteiger partial charge on any atom is 0.415 e. The van der Waals surface area contributed by atoms with Gasteiger partial charge in [0.25, 0.3) is 0 Å². The Kier molecular flexibility index (Phi) is 12.1. The van der Waals surface area contributed by atoms with Crippen LogP contribution < -0.4 is 4.90 Å². The fourth-order valence-corrected chi connectivity index (χ4v) is 5.56. The molecule has 8 nitrogen and oxygen atoms in total. The fourth-order valence-electron chi connectivity index (χ4n) is 5.11. The maximum atomic E-state index is 12.7. The molecule has 0 aliphatic carbocycles. The number of carboxylic acids is 1. The quantitative estimate of drug-likeness (QED) is 0.127. The van der Waals surface area contributed by atoms with E-state index in [2.05, 4.69) is 71.4 Å². The molecule has 0 spiro atoms. The summed E-state index contributed by atoms with van der Waals surface area (Å²) < 4.78 is 7.90. The number of amides is 1. The Morgan fingerprint density at radius 3 is 2.57 bits per heavy atom. The number of nitrogens with zero attached hydrogens (tertiary/aromatic N) is 4. The van der Waals surface area contributed by atoms with Crippen LogP contribution in [-0.2, 0) is 24.2 Å². The summed E-state index contributed by atoms with van der Waals surface area (Å²) in [5.41, 5.74) is 3.76. The van der Waals surface area contributed by atoms with Crippen LogP contribution in [0.15, 0.2) is 66.2 Å². The van der Waals surface area contributed by atoms with Crippen molar-refractivity contribution in [3.05, 3.63) is 83.0 Å². The Bertz CT molecular complexity index is 1300. The Labute approximate surface area is 253 Å². The van der Waals surface area contributed by atoms with Gasteiger partial charge in [-0.1, -0.05) is 52.5 Å². The van der Waals surface area contributed by atoms with E-state index < -0.39 is 17.7 Å². The highest BCUT2D eigenvalue weighted by Gasteiger charge is 2.42. The average Bonchev–Trinajstić information content (AvgIpc) is 3.47. The van der Waals surface area contributed by atoms with Crippen molar-refractivity contribution < 1.29 is 19.4 Å². The predicted molar refractivity (Wildman–Crippen MR) is 173 cm³/mol. The molecule has 3 rings (SSSR count). The zero-order valence-corrected chi connectivity index (χ0v) is 27.0. The number of rotatable bonds is 16. The van der Waals surface area contributed by atoms with E-state index in [1.807, 2.05) is 13.0 Å². The molecule has 0 saturated carbocycles. The van der Waals surface area contributed by atoms with E-state index in [1.165, 1.54) is 28.6 Å². The first-order chi connectivity index (χ1) is 20.0. The number of carbonyl (C=O) groups excluding carboxylic acids is 1. The molecule has 2 aromatic rings. The second kappa shape index (κ2) is 15.3. The van der Waals surface area contributed by atoms with E-state index in [9.17, 15) is 9.59 Å². The summed E-state index contributed by atoms with van der Waals surface area (Å²) in [4.78, 5) is 27.9. The topological polar surface area (TPSA) is 87.9 Å². The van der Waals surface area contributed by atoms with E-state index in [1.54, 1.807) is 17.0 Å². The molecule has 1 aliphatic rings. The predicted octanol–water partition coefficient (Wildman–Crippen LogP) is 7.08. The summed E-state index contributed by atoms with van der Waals surface area (Å²) in [6.45, 7) is 18.3. The molecule has 1 N–H and O–H groups in total. The van der Waals surface area contributed by atoms with Crippen LogP contribution in [0, 0.1) is 5.92 Å². The van der Waals surface area contributed by atoms with Gasteiger partial charge in [-0.05, 0) is 67.4 Å². The van der Waals surface area contributed by atoms with Crippen LogP contribution in [0.4, 0.5) is 10.5 Å². The van der Waals surface area contributed by atoms with E-state index in [0.717, 1.165) is 51.1 Å². The molecule has 228 valence electrons. The lowest BCUT2D eigenvalue weighted by atomic mass is 10.0. The number of ether oxygens (including phenoxy) is 1. The van der Waals surface area contributed by atoms with Crippen LogP contribution in [-0.4, -0.2) is 57.1 Å². The maximum absolute atomic E-state index is 12.7. The van der Waals surface area contributed by atoms with Crippen molar-refractivity contribution in [3.8, 4) is 0 Å². The third kappa shape index (κ3) is 9.14. The van der Waals surface area contributed by atoms with Gasteiger partial charge in [0, 0.05) is 49.9 Å². The number of anilines is 1. The average molecular weight is 595 g/mol. The van der Waals surface area contributed by atoms with Crippen molar-refractivity contribution in [1.82, 2.24) is 14.7 Å². The molecular formula is C33H47N4O4P. The van der Waals surface area contributed by atoms with Crippen LogP contribution in [0.5, 0.6) is 0 Å². The molecule has 1 fully saturated rings. The number of allylic oxidation sites excluding steroid dienone is 5. The highest BCUT2D eigenvalue weighted by atomic mass is 31.0. The van der Waals surface area contributed by atoms with Crippen LogP contribution in [0.25, 0.3) is 0 Å². The molecule has 0 bridgehead atoms. The van der Waals surface area contributed by atoms with Gasteiger partial charge in [0.15, 0.2) is 0 Å². The van der Waals surface area contributed by atoms with Crippen molar-refractivity contribution in [2.24, 2.45) is 5.92 Å². The summed E-state index contributed by atoms with van der Waals surface area (Å²) in [6.07, 6.45) is 11.4. The lowest BCUT2D eigenvalue weighted by Crippen LogP contribution is -2.36. The third-order valence-electron chi connectivity index (χ3n) is 7.60. The Balaban J connectivity index is 1.66. The van der Waals surface area contributed by atoms with Crippen molar-refractivity contribution >= 4 is 27.0 Å². The molecule has 9 heteroatoms. The van der Waals surface area contributed by atoms with Crippen LogP contribution in [0.2, 0.25) is 0 Å². The van der Waals surface area contributed by atoms with E-state index in [4.69, 9.17) is 14.9 Å². The minimum atomic E-state index is -0.996. The number of aromatic nitrogens is 2. The monoisotopic (exact) mass is 594 g/mol. The minimum Gasteiger partial charge on any atom is -0.478 e. The number of benzene rings is 1. The number of carbonyl (C=O) groups is 2. The summed E-state index contributed by atoms with van der Waals surface area (Å²) in [7, 11) is 2.85. The van der Waals surface area contributed by atoms with Crippen molar-refractivity contribution in [2.75, 3.05) is 24.5 Å². The highest BCUT2D eigenvalue weighted by Crippen LogP contribution is 2.31. The summed E-state index contributed by atoms with van der Waals surface area (Å²) in [5, 5.41) is 15.4. The second-order valence-corrected chi connectivity index (χ2v) is 12.3. The number of carboxylic acid groups (broad SMARTS) is 1. The van der Waals surface area contributed by atoms with Crippen LogP contribution >= 0.6 is 9.24 Å². The van der Waals surface area contributed by atoms with Crippen molar-refractivity contribution in [1.29, 1.82) is 0 Å². The number of hydrogen-bond donors (Lipinski definition) is 1. The van der Waals surface area contributed by atoms with E-state index >= 15 is 0 Å². The van der Waals surface area contributed by atoms with Crippen molar-refractivity contribution in [2.45, 2.75) is 79.0 Å². The largest absolute Gasteiger partial charge is 0.478 e. The highest BCUT2D eigenvalue weighted by molar-refractivity contribution is 7.22. The minimum absolute atomic E-state index is 0.184. The molecule has 0 radical (unpaired) electrons. The SMILES string of the molecule is C=C/C(CC)=C(/P)C/C=C\Cc1nn(CC(C)C)cc1CN(CC)CCC1(C)CN(c2ccc(C(=O)O)cc2)C(=O)O1. The standard InChI is InChI=1S/C33H47N4O4P/c1-7-25(8-2)30(42)13-11-10-12-29-27(22-36(34-29)20-24(4)5)21-35(9-3)19-18-33(6)23-37(32(40)41-33)28-16-14-26(15-17-28)31(38)39/h7,10-11,14-17,22,24H,1,8-9,12-13,18-21,23,42H2,2-6H3,(H,38,39)/b11-10-,30-25-. The molecule has 1 aromatic carbocycles. The van der Waals surface area contributed by atoms with Gasteiger partial charge in [-0.2, -0.15) is 5.10 Å². The van der Waals surface area contributed by atoms with E-state index in [0.29, 0.717) is 24.6 Å². The summed E-state index contributed by atoms with van der Waals surface area (Å²) in [5.74, 6) is -0.496. The zero-order valence-electron chi connectivity index (χ0n) is 25.8. The first kappa shape index (κ1) is 33.3. The molecule has 2 unspecified atom stereocenters. The van der Waals surface area contributed by atoms with Crippen LogP contribution in [0.1, 0.15) is 75.5 Å². The first-order valence-corrected chi connectivity index (χ1v) is 15.4. The fraction of sp³-hybridized carbons (Fsp3) is 0.485. The van der Waals surface area contributed by atoms with Gasteiger partial charge in [-0.15, -0.1) is 9.24 Å². The van der Waals surface area contributed by atoms with Gasteiger partial charge < -0.3 is 9.84 Å². The number of hydrogen-bond acceptors (Lipinski definition) is 5. The van der Waals surface area contributed by atoms with Crippen molar-refractivity contribution in [3.63, 3.8) is 0 Å². The van der Waals surface area contributed by atoms with Gasteiger partial charge in [-0.3, -0.25) is 14.5 Å².